The van der Waals surface area contributed by atoms with E-state index in [1.54, 1.807) is 0 Å². The van der Waals surface area contributed by atoms with Crippen LogP contribution < -0.4 is 10.4 Å². The normalized spacial score (nSPS) is 18.4. The molecule has 37 heavy (non-hydrogen) atoms. The van der Waals surface area contributed by atoms with E-state index in [0.717, 1.165) is 22.5 Å². The van der Waals surface area contributed by atoms with Crippen LogP contribution in [0.4, 0.5) is 17.1 Å². The van der Waals surface area contributed by atoms with Crippen molar-refractivity contribution in [2.24, 2.45) is 0 Å². The molecule has 0 unspecified atom stereocenters. The smallest absolute Gasteiger partial charge is 0.399 e. The van der Waals surface area contributed by atoms with E-state index in [0.29, 0.717) is 0 Å². The Morgan fingerprint density at radius 2 is 1.08 bits per heavy atom. The van der Waals surface area contributed by atoms with E-state index in [9.17, 15) is 0 Å². The van der Waals surface area contributed by atoms with E-state index in [-0.39, 0.29) is 23.7 Å². The second-order valence-electron chi connectivity index (χ2n) is 11.8. The van der Waals surface area contributed by atoms with E-state index in [1.807, 2.05) is 0 Å². The van der Waals surface area contributed by atoms with Crippen molar-refractivity contribution in [2.75, 3.05) is 4.90 Å². The van der Waals surface area contributed by atoms with Gasteiger partial charge in [-0.05, 0) is 91.8 Å². The van der Waals surface area contributed by atoms with E-state index < -0.39 is 0 Å². The number of fused-ring (bicyclic) bond motifs is 3. The predicted octanol–water partition coefficient (Wildman–Crippen LogP) is 7.76. The number of nitrogens with zero attached hydrogens (tertiary/aromatic N) is 1. The molecule has 0 atom stereocenters. The maximum atomic E-state index is 6.29. The first-order valence-corrected chi connectivity index (χ1v) is 13.1. The number of rotatable bonds is 4. The van der Waals surface area contributed by atoms with Crippen molar-refractivity contribution in [3.05, 3.63) is 108 Å². The van der Waals surface area contributed by atoms with E-state index in [1.165, 1.54) is 22.3 Å². The third-order valence-corrected chi connectivity index (χ3v) is 8.52. The van der Waals surface area contributed by atoms with Crippen LogP contribution >= 0.6 is 0 Å². The molecule has 0 bridgehead atoms. The molecule has 1 heterocycles. The summed E-state index contributed by atoms with van der Waals surface area (Å²) in [5.41, 5.74) is 9.04. The van der Waals surface area contributed by atoms with Crippen LogP contribution in [0.5, 0.6) is 0 Å². The first-order chi connectivity index (χ1) is 17.6. The Bertz CT molecular complexity index is 1440. The van der Waals surface area contributed by atoms with Gasteiger partial charge in [0, 0.05) is 22.5 Å². The monoisotopic (exact) mass is 487 g/mol. The highest BCUT2D eigenvalue weighted by Crippen LogP contribution is 2.50. The summed E-state index contributed by atoms with van der Waals surface area (Å²) >= 11 is 0. The largest absolute Gasteiger partial charge is 0.494 e. The van der Waals surface area contributed by atoms with Gasteiger partial charge in [-0.2, -0.15) is 0 Å². The Kier molecular flexibility index (Phi) is 5.42. The van der Waals surface area contributed by atoms with Gasteiger partial charge in [0.1, 0.15) is 0 Å². The molecule has 4 aromatic carbocycles. The van der Waals surface area contributed by atoms with Crippen LogP contribution in [0.2, 0.25) is 0 Å². The van der Waals surface area contributed by atoms with Gasteiger partial charge < -0.3 is 14.2 Å². The van der Waals surface area contributed by atoms with Gasteiger partial charge in [-0.15, -0.1) is 0 Å². The second-order valence-corrected chi connectivity index (χ2v) is 11.8. The fourth-order valence-electron chi connectivity index (χ4n) is 5.62. The summed E-state index contributed by atoms with van der Waals surface area (Å²) in [4.78, 5) is 2.33. The summed E-state index contributed by atoms with van der Waals surface area (Å²) in [6.07, 6.45) is 0. The van der Waals surface area contributed by atoms with E-state index in [2.05, 4.69) is 144 Å². The standard InChI is InChI=1S/C33H34BNO2/c1-31(2)29-15-11-10-14-27(29)28-21-20-26(22-30(28)31)35(24-12-8-7-9-13-24)25-18-16-23(17-19-25)34-36-32(3,4)33(5,6)37-34/h7-22H,1-6H3. The molecule has 0 amide bonds. The van der Waals surface area contributed by atoms with Gasteiger partial charge in [0.2, 0.25) is 0 Å². The highest BCUT2D eigenvalue weighted by molar-refractivity contribution is 6.62. The molecule has 0 spiro atoms. The Morgan fingerprint density at radius 1 is 0.541 bits per heavy atom. The lowest BCUT2D eigenvalue weighted by atomic mass is 9.79. The highest BCUT2D eigenvalue weighted by Gasteiger charge is 2.51. The van der Waals surface area contributed by atoms with Crippen molar-refractivity contribution in [3.8, 4) is 11.1 Å². The van der Waals surface area contributed by atoms with Gasteiger partial charge in [0.05, 0.1) is 11.2 Å². The minimum Gasteiger partial charge on any atom is -0.399 e. The quantitative estimate of drug-likeness (QED) is 0.275. The molecular formula is C33H34BNO2. The molecule has 1 fully saturated rings. The zero-order valence-electron chi connectivity index (χ0n) is 22.6. The molecule has 2 aliphatic rings. The van der Waals surface area contributed by atoms with Crippen LogP contribution in [0.1, 0.15) is 52.7 Å². The molecule has 4 heteroatoms. The lowest BCUT2D eigenvalue weighted by Crippen LogP contribution is -2.41. The van der Waals surface area contributed by atoms with Gasteiger partial charge in [-0.25, -0.2) is 0 Å². The first kappa shape index (κ1) is 24.0. The Balaban J connectivity index is 1.40. The molecule has 186 valence electrons. The van der Waals surface area contributed by atoms with Crippen molar-refractivity contribution >= 4 is 29.6 Å². The maximum absolute atomic E-state index is 6.29. The molecule has 0 radical (unpaired) electrons. The van der Waals surface area contributed by atoms with Crippen LogP contribution in [0.15, 0.2) is 97.1 Å². The lowest BCUT2D eigenvalue weighted by Gasteiger charge is -2.32. The summed E-state index contributed by atoms with van der Waals surface area (Å²) in [5, 5.41) is 0. The molecule has 3 nitrogen and oxygen atoms in total. The molecule has 1 aliphatic heterocycles. The van der Waals surface area contributed by atoms with Gasteiger partial charge in [-0.1, -0.05) is 74.5 Å². The van der Waals surface area contributed by atoms with E-state index in [4.69, 9.17) is 9.31 Å². The molecule has 6 rings (SSSR count). The minimum atomic E-state index is -0.372. The van der Waals surface area contributed by atoms with Gasteiger partial charge in [-0.3, -0.25) is 0 Å². The van der Waals surface area contributed by atoms with Gasteiger partial charge in [0.15, 0.2) is 0 Å². The predicted molar refractivity (Wildman–Crippen MR) is 154 cm³/mol. The maximum Gasteiger partial charge on any atom is 0.494 e. The number of hydrogen-bond acceptors (Lipinski definition) is 3. The summed E-state index contributed by atoms with van der Waals surface area (Å²) in [6.45, 7) is 13.0. The Morgan fingerprint density at radius 3 is 1.76 bits per heavy atom. The SMILES string of the molecule is CC1(C)c2ccccc2-c2ccc(N(c3ccccc3)c3ccc(B4OC(C)(C)C(C)(C)O4)cc3)cc21. The zero-order chi connectivity index (χ0) is 26.0. The summed E-state index contributed by atoms with van der Waals surface area (Å²) in [7, 11) is -0.372. The van der Waals surface area contributed by atoms with Crippen molar-refractivity contribution in [2.45, 2.75) is 58.2 Å². The Labute approximate surface area is 221 Å². The van der Waals surface area contributed by atoms with Crippen LogP contribution in [0.25, 0.3) is 11.1 Å². The van der Waals surface area contributed by atoms with E-state index >= 15 is 0 Å². The highest BCUT2D eigenvalue weighted by atomic mass is 16.7. The average Bonchev–Trinajstić information content (AvgIpc) is 3.25. The van der Waals surface area contributed by atoms with Gasteiger partial charge >= 0.3 is 7.12 Å². The molecule has 0 N–H and O–H groups in total. The van der Waals surface area contributed by atoms with Crippen LogP contribution in [-0.2, 0) is 14.7 Å². The summed E-state index contributed by atoms with van der Waals surface area (Å²) in [6, 6.07) is 34.8. The Hall–Kier alpha value is -3.34. The summed E-state index contributed by atoms with van der Waals surface area (Å²) in [5.74, 6) is 0. The number of anilines is 3. The average molecular weight is 487 g/mol. The molecule has 0 aromatic heterocycles. The zero-order valence-corrected chi connectivity index (χ0v) is 22.6. The number of para-hydroxylation sites is 1. The van der Waals surface area contributed by atoms with Crippen LogP contribution in [0.3, 0.4) is 0 Å². The van der Waals surface area contributed by atoms with Crippen LogP contribution in [-0.4, -0.2) is 18.3 Å². The minimum absolute atomic E-state index is 0.0507. The molecule has 1 aliphatic carbocycles. The molecule has 0 saturated carbocycles. The van der Waals surface area contributed by atoms with Gasteiger partial charge in [0.25, 0.3) is 0 Å². The fourth-order valence-corrected chi connectivity index (χ4v) is 5.62. The first-order valence-electron chi connectivity index (χ1n) is 13.1. The second kappa shape index (κ2) is 8.34. The fraction of sp³-hybridized carbons (Fsp3) is 0.273. The molecule has 4 aromatic rings. The number of benzene rings is 4. The van der Waals surface area contributed by atoms with Crippen LogP contribution in [0, 0.1) is 0 Å². The van der Waals surface area contributed by atoms with Crippen molar-refractivity contribution < 1.29 is 9.31 Å². The van der Waals surface area contributed by atoms with Crippen molar-refractivity contribution in [1.82, 2.24) is 0 Å². The summed E-state index contributed by atoms with van der Waals surface area (Å²) < 4.78 is 12.6. The number of hydrogen-bond donors (Lipinski definition) is 0. The lowest BCUT2D eigenvalue weighted by molar-refractivity contribution is 0.00578. The third kappa shape index (κ3) is 3.82. The molecule has 1 saturated heterocycles. The molecular weight excluding hydrogens is 453 g/mol. The third-order valence-electron chi connectivity index (χ3n) is 8.52. The van der Waals surface area contributed by atoms with Crippen molar-refractivity contribution in [3.63, 3.8) is 0 Å². The van der Waals surface area contributed by atoms with Crippen molar-refractivity contribution in [1.29, 1.82) is 0 Å². The topological polar surface area (TPSA) is 21.7 Å².